The lowest BCUT2D eigenvalue weighted by atomic mass is 10.3. The van der Waals surface area contributed by atoms with Gasteiger partial charge < -0.3 is 4.57 Å². The van der Waals surface area contributed by atoms with E-state index in [9.17, 15) is 4.79 Å². The molecule has 0 amide bonds. The maximum absolute atomic E-state index is 11.9. The maximum atomic E-state index is 11.9. The van der Waals surface area contributed by atoms with Gasteiger partial charge in [0.25, 0.3) is 5.56 Å². The van der Waals surface area contributed by atoms with Crippen LogP contribution in [0.5, 0.6) is 0 Å². The summed E-state index contributed by atoms with van der Waals surface area (Å²) in [5.74, 6) is 0. The zero-order valence-corrected chi connectivity index (χ0v) is 11.4. The van der Waals surface area contributed by atoms with E-state index in [1.54, 1.807) is 0 Å². The minimum Gasteiger partial charge on any atom is -0.351 e. The van der Waals surface area contributed by atoms with Gasteiger partial charge in [0.05, 0.1) is 5.69 Å². The molecule has 0 atom stereocenters. The van der Waals surface area contributed by atoms with Crippen molar-refractivity contribution in [3.05, 3.63) is 51.1 Å². The highest BCUT2D eigenvalue weighted by Crippen LogP contribution is 2.11. The van der Waals surface area contributed by atoms with Crippen molar-refractivity contribution in [3.63, 3.8) is 0 Å². The quantitative estimate of drug-likeness (QED) is 0.716. The van der Waals surface area contributed by atoms with E-state index in [-0.39, 0.29) is 5.56 Å². The standard InChI is InChI=1S/C13H12N4OS/c1-9-15-17-12(18)8-10(14-13(17)19-9)5-6-11-4-3-7-16(11)2/h3-8H,1-2H3/b6-5+. The number of hydrogen-bond donors (Lipinski definition) is 0. The van der Waals surface area contributed by atoms with E-state index in [0.717, 1.165) is 10.7 Å². The van der Waals surface area contributed by atoms with Crippen LogP contribution in [0.4, 0.5) is 0 Å². The first-order valence-corrected chi connectivity index (χ1v) is 6.62. The van der Waals surface area contributed by atoms with Gasteiger partial charge in [0.15, 0.2) is 0 Å². The summed E-state index contributed by atoms with van der Waals surface area (Å²) in [5.41, 5.74) is 1.55. The van der Waals surface area contributed by atoms with E-state index in [4.69, 9.17) is 0 Å². The molecule has 0 bridgehead atoms. The van der Waals surface area contributed by atoms with Crippen molar-refractivity contribution in [2.45, 2.75) is 6.92 Å². The molecule has 3 heterocycles. The third-order valence-electron chi connectivity index (χ3n) is 2.77. The largest absolute Gasteiger partial charge is 0.351 e. The highest BCUT2D eigenvalue weighted by Gasteiger charge is 2.04. The number of fused-ring (bicyclic) bond motifs is 1. The van der Waals surface area contributed by atoms with Crippen LogP contribution >= 0.6 is 11.3 Å². The van der Waals surface area contributed by atoms with Gasteiger partial charge in [0.1, 0.15) is 5.01 Å². The number of hydrogen-bond acceptors (Lipinski definition) is 4. The van der Waals surface area contributed by atoms with Crippen LogP contribution in [0, 0.1) is 6.92 Å². The van der Waals surface area contributed by atoms with E-state index in [0.29, 0.717) is 10.7 Å². The van der Waals surface area contributed by atoms with Gasteiger partial charge in [-0.15, -0.1) is 0 Å². The number of nitrogens with zero attached hydrogens (tertiary/aromatic N) is 4. The molecule has 5 nitrogen and oxygen atoms in total. The molecule has 3 rings (SSSR count). The Kier molecular flexibility index (Phi) is 2.79. The Morgan fingerprint density at radius 1 is 1.37 bits per heavy atom. The van der Waals surface area contributed by atoms with Crippen LogP contribution in [-0.2, 0) is 7.05 Å². The van der Waals surface area contributed by atoms with E-state index in [1.807, 2.05) is 49.0 Å². The summed E-state index contributed by atoms with van der Waals surface area (Å²) in [4.78, 5) is 16.9. The van der Waals surface area contributed by atoms with Gasteiger partial charge in [-0.25, -0.2) is 4.98 Å². The Labute approximate surface area is 113 Å². The van der Waals surface area contributed by atoms with Crippen LogP contribution in [-0.4, -0.2) is 19.2 Å². The summed E-state index contributed by atoms with van der Waals surface area (Å²) in [6.07, 6.45) is 5.75. The third kappa shape index (κ3) is 2.22. The zero-order valence-electron chi connectivity index (χ0n) is 10.6. The fourth-order valence-corrected chi connectivity index (χ4v) is 2.58. The number of rotatable bonds is 2. The zero-order chi connectivity index (χ0) is 13.4. The summed E-state index contributed by atoms with van der Waals surface area (Å²) in [7, 11) is 1.97. The van der Waals surface area contributed by atoms with E-state index in [2.05, 4.69) is 10.1 Å². The molecule has 3 aromatic heterocycles. The Morgan fingerprint density at radius 3 is 2.95 bits per heavy atom. The smallest absolute Gasteiger partial charge is 0.275 e. The first-order chi connectivity index (χ1) is 9.13. The SMILES string of the molecule is Cc1nn2c(=O)cc(/C=C/c3cccn3C)nc2s1. The molecule has 0 unspecified atom stereocenters. The van der Waals surface area contributed by atoms with Crippen LogP contribution < -0.4 is 5.56 Å². The predicted molar refractivity (Wildman–Crippen MR) is 76.2 cm³/mol. The monoisotopic (exact) mass is 272 g/mol. The topological polar surface area (TPSA) is 52.2 Å². The van der Waals surface area contributed by atoms with Gasteiger partial charge in [-0.05, 0) is 31.2 Å². The molecule has 3 aromatic rings. The molecule has 0 saturated carbocycles. The Hall–Kier alpha value is -2.21. The van der Waals surface area contributed by atoms with Crippen LogP contribution in [0.25, 0.3) is 17.1 Å². The lowest BCUT2D eigenvalue weighted by Crippen LogP contribution is -2.14. The van der Waals surface area contributed by atoms with Crippen molar-refractivity contribution >= 4 is 28.4 Å². The van der Waals surface area contributed by atoms with Crippen LogP contribution in [0.2, 0.25) is 0 Å². The van der Waals surface area contributed by atoms with Gasteiger partial charge >= 0.3 is 0 Å². The van der Waals surface area contributed by atoms with Crippen LogP contribution in [0.3, 0.4) is 0 Å². The van der Waals surface area contributed by atoms with Crippen molar-refractivity contribution in [1.82, 2.24) is 19.2 Å². The summed E-state index contributed by atoms with van der Waals surface area (Å²) >= 11 is 1.41. The number of aromatic nitrogens is 4. The molecule has 96 valence electrons. The molecule has 0 N–H and O–H groups in total. The Balaban J connectivity index is 2.04. The second kappa shape index (κ2) is 4.47. The molecule has 0 radical (unpaired) electrons. The molecule has 0 saturated heterocycles. The highest BCUT2D eigenvalue weighted by molar-refractivity contribution is 7.16. The van der Waals surface area contributed by atoms with Crippen molar-refractivity contribution in [1.29, 1.82) is 0 Å². The van der Waals surface area contributed by atoms with Gasteiger partial charge in [-0.2, -0.15) is 9.61 Å². The van der Waals surface area contributed by atoms with Crippen molar-refractivity contribution in [2.75, 3.05) is 0 Å². The second-order valence-electron chi connectivity index (χ2n) is 4.21. The lowest BCUT2D eigenvalue weighted by Gasteiger charge is -1.96. The Bertz CT molecular complexity index is 825. The average Bonchev–Trinajstić information content (AvgIpc) is 2.92. The molecule has 0 aromatic carbocycles. The molecule has 0 spiro atoms. The molecule has 19 heavy (non-hydrogen) atoms. The molecule has 0 fully saturated rings. The van der Waals surface area contributed by atoms with Crippen molar-refractivity contribution < 1.29 is 0 Å². The minimum absolute atomic E-state index is 0.152. The predicted octanol–water partition coefficient (Wildman–Crippen LogP) is 1.97. The maximum Gasteiger partial charge on any atom is 0.275 e. The van der Waals surface area contributed by atoms with Crippen molar-refractivity contribution in [3.8, 4) is 0 Å². The van der Waals surface area contributed by atoms with E-state index < -0.39 is 0 Å². The van der Waals surface area contributed by atoms with Crippen LogP contribution in [0.15, 0.2) is 29.2 Å². The summed E-state index contributed by atoms with van der Waals surface area (Å²) in [6.45, 7) is 1.86. The minimum atomic E-state index is -0.152. The average molecular weight is 272 g/mol. The fourth-order valence-electron chi connectivity index (χ4n) is 1.83. The highest BCUT2D eigenvalue weighted by atomic mass is 32.1. The molecule has 0 aliphatic heterocycles. The summed E-state index contributed by atoms with van der Waals surface area (Å²) in [5, 5.41) is 4.94. The van der Waals surface area contributed by atoms with Gasteiger partial charge in [-0.1, -0.05) is 11.3 Å². The van der Waals surface area contributed by atoms with E-state index in [1.165, 1.54) is 21.9 Å². The first kappa shape index (κ1) is 11.9. The Morgan fingerprint density at radius 2 is 2.21 bits per heavy atom. The molecular formula is C13H12N4OS. The fraction of sp³-hybridized carbons (Fsp3) is 0.154. The summed E-state index contributed by atoms with van der Waals surface area (Å²) in [6, 6.07) is 5.46. The van der Waals surface area contributed by atoms with Gasteiger partial charge in [0, 0.05) is 25.0 Å². The molecule has 0 aliphatic rings. The molecule has 6 heteroatoms. The van der Waals surface area contributed by atoms with E-state index >= 15 is 0 Å². The first-order valence-electron chi connectivity index (χ1n) is 5.80. The summed E-state index contributed by atoms with van der Waals surface area (Å²) < 4.78 is 3.33. The van der Waals surface area contributed by atoms with Crippen molar-refractivity contribution in [2.24, 2.45) is 7.05 Å². The number of aryl methyl sites for hydroxylation is 2. The molecule has 0 aliphatic carbocycles. The second-order valence-corrected chi connectivity index (χ2v) is 5.37. The third-order valence-corrected chi connectivity index (χ3v) is 3.60. The lowest BCUT2D eigenvalue weighted by molar-refractivity contribution is 0.879. The van der Waals surface area contributed by atoms with Gasteiger partial charge in [-0.3, -0.25) is 4.79 Å². The molecular weight excluding hydrogens is 260 g/mol. The van der Waals surface area contributed by atoms with Crippen LogP contribution in [0.1, 0.15) is 16.4 Å². The normalized spacial score (nSPS) is 11.7. The van der Waals surface area contributed by atoms with Gasteiger partial charge in [0.2, 0.25) is 4.96 Å².